The third-order valence-corrected chi connectivity index (χ3v) is 6.01. The molecule has 0 atom stereocenters. The van der Waals surface area contributed by atoms with Crippen molar-refractivity contribution in [2.45, 2.75) is 50.0 Å². The van der Waals surface area contributed by atoms with Crippen molar-refractivity contribution in [1.29, 1.82) is 0 Å². The van der Waals surface area contributed by atoms with Crippen LogP contribution in [0.3, 0.4) is 0 Å². The standard InChI is InChI=1S/C18H23N3O5S/c19-17(22)15-8-7-14(12-16(15)27(24,25)26)21-11-10-20(18(21)23)9-3-6-13-4-1-2-5-13/h7-8,10-13H,1-6,9H2,(H2,19,22)(H,24,25,26). The zero-order valence-corrected chi connectivity index (χ0v) is 15.7. The van der Waals surface area contributed by atoms with E-state index in [-0.39, 0.29) is 16.9 Å². The van der Waals surface area contributed by atoms with Crippen LogP contribution in [-0.2, 0) is 16.7 Å². The van der Waals surface area contributed by atoms with E-state index in [2.05, 4.69) is 0 Å². The fourth-order valence-corrected chi connectivity index (χ4v) is 4.42. The summed E-state index contributed by atoms with van der Waals surface area (Å²) in [5.41, 5.74) is 4.74. The molecule has 3 rings (SSSR count). The Hall–Kier alpha value is -2.39. The zero-order valence-electron chi connectivity index (χ0n) is 14.9. The molecule has 9 heteroatoms. The van der Waals surface area contributed by atoms with E-state index in [0.717, 1.165) is 24.8 Å². The SMILES string of the molecule is NC(=O)c1ccc(-n2ccn(CCCC3CCCC3)c2=O)cc1S(=O)(=O)O. The Morgan fingerprint density at radius 1 is 1.22 bits per heavy atom. The van der Waals surface area contributed by atoms with Gasteiger partial charge < -0.3 is 5.73 Å². The van der Waals surface area contributed by atoms with Crippen LogP contribution < -0.4 is 11.4 Å². The number of imidazole rings is 1. The molecule has 0 saturated heterocycles. The van der Waals surface area contributed by atoms with Crippen molar-refractivity contribution in [2.75, 3.05) is 0 Å². The molecule has 1 aromatic heterocycles. The van der Waals surface area contributed by atoms with E-state index in [1.54, 1.807) is 10.8 Å². The van der Waals surface area contributed by atoms with E-state index in [1.807, 2.05) is 0 Å². The minimum Gasteiger partial charge on any atom is -0.366 e. The molecular weight excluding hydrogens is 370 g/mol. The van der Waals surface area contributed by atoms with E-state index >= 15 is 0 Å². The van der Waals surface area contributed by atoms with Crippen molar-refractivity contribution < 1.29 is 17.8 Å². The summed E-state index contributed by atoms with van der Waals surface area (Å²) in [6.45, 7) is 0.590. The van der Waals surface area contributed by atoms with Crippen LogP contribution in [0, 0.1) is 5.92 Å². The minimum absolute atomic E-state index is 0.229. The van der Waals surface area contributed by atoms with Crippen LogP contribution in [0.25, 0.3) is 5.69 Å². The Kier molecular flexibility index (Phi) is 5.52. The quantitative estimate of drug-likeness (QED) is 0.696. The number of primary amides is 1. The maximum Gasteiger partial charge on any atom is 0.332 e. The first kappa shape index (κ1) is 19.4. The van der Waals surface area contributed by atoms with Crippen LogP contribution in [0.5, 0.6) is 0 Å². The summed E-state index contributed by atoms with van der Waals surface area (Å²) in [6, 6.07) is 3.67. The molecule has 8 nitrogen and oxygen atoms in total. The largest absolute Gasteiger partial charge is 0.366 e. The van der Waals surface area contributed by atoms with Gasteiger partial charge in [0, 0.05) is 18.9 Å². The lowest BCUT2D eigenvalue weighted by molar-refractivity contribution is 0.0997. The van der Waals surface area contributed by atoms with Crippen LogP contribution in [-0.4, -0.2) is 28.0 Å². The summed E-state index contributed by atoms with van der Waals surface area (Å²) >= 11 is 0. The second-order valence-electron chi connectivity index (χ2n) is 6.96. The molecular formula is C18H23N3O5S. The average Bonchev–Trinajstić information content (AvgIpc) is 3.24. The first-order valence-corrected chi connectivity index (χ1v) is 10.4. The van der Waals surface area contributed by atoms with E-state index in [4.69, 9.17) is 5.73 Å². The van der Waals surface area contributed by atoms with Gasteiger partial charge in [-0.25, -0.2) is 4.79 Å². The van der Waals surface area contributed by atoms with E-state index in [1.165, 1.54) is 48.6 Å². The van der Waals surface area contributed by atoms with E-state index in [9.17, 15) is 22.6 Å². The van der Waals surface area contributed by atoms with Gasteiger partial charge in [0.1, 0.15) is 4.90 Å². The fraction of sp³-hybridized carbons (Fsp3) is 0.444. The van der Waals surface area contributed by atoms with Crippen LogP contribution in [0.4, 0.5) is 0 Å². The zero-order chi connectivity index (χ0) is 19.6. The highest BCUT2D eigenvalue weighted by molar-refractivity contribution is 7.86. The molecule has 1 aliphatic rings. The predicted octanol–water partition coefficient (Wildman–Crippen LogP) is 1.96. The molecule has 146 valence electrons. The molecule has 2 aromatic rings. The van der Waals surface area contributed by atoms with Gasteiger partial charge in [-0.15, -0.1) is 0 Å². The van der Waals surface area contributed by atoms with Gasteiger partial charge in [0.2, 0.25) is 5.91 Å². The first-order valence-electron chi connectivity index (χ1n) is 8.97. The number of amides is 1. The summed E-state index contributed by atoms with van der Waals surface area (Å²) < 4.78 is 35.3. The minimum atomic E-state index is -4.66. The number of benzene rings is 1. The summed E-state index contributed by atoms with van der Waals surface area (Å²) in [7, 11) is -4.66. The molecule has 1 heterocycles. The number of rotatable bonds is 7. The first-order chi connectivity index (χ1) is 12.8. The summed E-state index contributed by atoms with van der Waals surface area (Å²) in [4.78, 5) is 23.4. The molecule has 1 aromatic carbocycles. The molecule has 0 aliphatic heterocycles. The molecule has 27 heavy (non-hydrogen) atoms. The lowest BCUT2D eigenvalue weighted by Gasteiger charge is -2.09. The maximum absolute atomic E-state index is 12.6. The molecule has 0 radical (unpaired) electrons. The van der Waals surface area contributed by atoms with Gasteiger partial charge in [0.15, 0.2) is 0 Å². The van der Waals surface area contributed by atoms with Gasteiger partial charge in [-0.05, 0) is 37.0 Å². The molecule has 3 N–H and O–H groups in total. The number of nitrogens with zero attached hydrogens (tertiary/aromatic N) is 2. The molecule has 0 bridgehead atoms. The number of carbonyl (C=O) groups excluding carboxylic acids is 1. The van der Waals surface area contributed by atoms with Crippen molar-refractivity contribution >= 4 is 16.0 Å². The predicted molar refractivity (Wildman–Crippen MR) is 99.6 cm³/mol. The second-order valence-corrected chi connectivity index (χ2v) is 8.35. The normalized spacial score (nSPS) is 15.3. The van der Waals surface area contributed by atoms with Crippen molar-refractivity contribution in [3.8, 4) is 5.69 Å². The lowest BCUT2D eigenvalue weighted by Crippen LogP contribution is -2.24. The molecule has 1 aliphatic carbocycles. The third-order valence-electron chi connectivity index (χ3n) is 5.12. The van der Waals surface area contributed by atoms with Crippen LogP contribution >= 0.6 is 0 Å². The van der Waals surface area contributed by atoms with Crippen molar-refractivity contribution in [3.63, 3.8) is 0 Å². The van der Waals surface area contributed by atoms with Gasteiger partial charge in [-0.2, -0.15) is 8.42 Å². The smallest absolute Gasteiger partial charge is 0.332 e. The number of hydrogen-bond donors (Lipinski definition) is 2. The van der Waals surface area contributed by atoms with E-state index in [0.29, 0.717) is 6.54 Å². The monoisotopic (exact) mass is 393 g/mol. The second kappa shape index (κ2) is 7.69. The van der Waals surface area contributed by atoms with E-state index < -0.39 is 20.9 Å². The number of carbonyl (C=O) groups is 1. The summed E-state index contributed by atoms with van der Waals surface area (Å²) in [6.07, 6.45) is 10.3. The third kappa shape index (κ3) is 4.30. The van der Waals surface area contributed by atoms with Crippen molar-refractivity contribution in [3.05, 3.63) is 46.6 Å². The van der Waals surface area contributed by atoms with Crippen molar-refractivity contribution in [2.24, 2.45) is 11.7 Å². The average molecular weight is 393 g/mol. The van der Waals surface area contributed by atoms with Crippen LogP contribution in [0.2, 0.25) is 0 Å². The number of aromatic nitrogens is 2. The van der Waals surface area contributed by atoms with Gasteiger partial charge in [0.25, 0.3) is 10.1 Å². The van der Waals surface area contributed by atoms with Gasteiger partial charge in [-0.3, -0.25) is 18.5 Å². The Morgan fingerprint density at radius 2 is 1.93 bits per heavy atom. The molecule has 0 spiro atoms. The summed E-state index contributed by atoms with van der Waals surface area (Å²) in [5, 5.41) is 0. The van der Waals surface area contributed by atoms with Gasteiger partial charge in [0.05, 0.1) is 11.3 Å². The molecule has 1 amide bonds. The number of hydrogen-bond acceptors (Lipinski definition) is 4. The lowest BCUT2D eigenvalue weighted by atomic mass is 10.0. The number of aryl methyl sites for hydroxylation is 1. The highest BCUT2D eigenvalue weighted by Crippen LogP contribution is 2.28. The van der Waals surface area contributed by atoms with Gasteiger partial charge in [-0.1, -0.05) is 25.7 Å². The highest BCUT2D eigenvalue weighted by atomic mass is 32.2. The Labute approximate surface area is 157 Å². The summed E-state index contributed by atoms with van der Waals surface area (Å²) in [5.74, 6) is -0.229. The molecule has 0 unspecified atom stereocenters. The van der Waals surface area contributed by atoms with Crippen LogP contribution in [0.15, 0.2) is 40.3 Å². The Bertz CT molecular complexity index is 1000. The molecule has 1 saturated carbocycles. The number of nitrogens with two attached hydrogens (primary N) is 1. The van der Waals surface area contributed by atoms with Crippen molar-refractivity contribution in [1.82, 2.24) is 9.13 Å². The molecule has 1 fully saturated rings. The Morgan fingerprint density at radius 3 is 2.56 bits per heavy atom. The maximum atomic E-state index is 12.6. The topological polar surface area (TPSA) is 124 Å². The highest BCUT2D eigenvalue weighted by Gasteiger charge is 2.21. The van der Waals surface area contributed by atoms with Crippen LogP contribution in [0.1, 0.15) is 48.9 Å². The van der Waals surface area contributed by atoms with Gasteiger partial charge >= 0.3 is 5.69 Å². The fourth-order valence-electron chi connectivity index (χ4n) is 3.71. The Balaban J connectivity index is 1.83.